The van der Waals surface area contributed by atoms with E-state index in [4.69, 9.17) is 14.0 Å². The van der Waals surface area contributed by atoms with Crippen molar-refractivity contribution in [3.63, 3.8) is 0 Å². The molecule has 7 heteroatoms. The monoisotopic (exact) mass is 338 g/mol. The second-order valence-corrected chi connectivity index (χ2v) is 6.72. The van der Waals surface area contributed by atoms with Gasteiger partial charge in [0.25, 0.3) is 10.1 Å². The van der Waals surface area contributed by atoms with Gasteiger partial charge >= 0.3 is 5.97 Å². The van der Waals surface area contributed by atoms with Crippen LogP contribution in [0.25, 0.3) is 10.8 Å². The SMILES string of the molecule is COc1ccc2cc([C@H](C)C(=O)OCCS(=O)(=O)O)ccc2c1. The van der Waals surface area contributed by atoms with E-state index in [2.05, 4.69) is 0 Å². The van der Waals surface area contributed by atoms with E-state index in [-0.39, 0.29) is 6.61 Å². The number of carbonyl (C=O) groups is 1. The van der Waals surface area contributed by atoms with E-state index in [0.29, 0.717) is 0 Å². The Morgan fingerprint density at radius 1 is 1.17 bits per heavy atom. The normalized spacial score (nSPS) is 12.8. The summed E-state index contributed by atoms with van der Waals surface area (Å²) in [5, 5.41) is 1.95. The van der Waals surface area contributed by atoms with Crippen molar-refractivity contribution < 1.29 is 27.2 Å². The van der Waals surface area contributed by atoms with Crippen LogP contribution in [-0.2, 0) is 19.6 Å². The lowest BCUT2D eigenvalue weighted by atomic mass is 9.98. The summed E-state index contributed by atoms with van der Waals surface area (Å²) < 4.78 is 39.9. The van der Waals surface area contributed by atoms with Crippen LogP contribution in [0.4, 0.5) is 0 Å². The maximum Gasteiger partial charge on any atom is 0.313 e. The highest BCUT2D eigenvalue weighted by molar-refractivity contribution is 7.85. The highest BCUT2D eigenvalue weighted by Crippen LogP contribution is 2.25. The molecule has 1 N–H and O–H groups in total. The fourth-order valence-electron chi connectivity index (χ4n) is 2.15. The zero-order valence-corrected chi connectivity index (χ0v) is 13.7. The molecule has 23 heavy (non-hydrogen) atoms. The molecule has 0 fully saturated rings. The molecule has 0 spiro atoms. The van der Waals surface area contributed by atoms with Crippen molar-refractivity contribution in [1.82, 2.24) is 0 Å². The summed E-state index contributed by atoms with van der Waals surface area (Å²) in [6.07, 6.45) is 0. The van der Waals surface area contributed by atoms with Crippen LogP contribution in [0, 0.1) is 0 Å². The van der Waals surface area contributed by atoms with Crippen LogP contribution >= 0.6 is 0 Å². The molecule has 0 aromatic heterocycles. The van der Waals surface area contributed by atoms with Crippen LogP contribution in [0.1, 0.15) is 18.4 Å². The van der Waals surface area contributed by atoms with E-state index in [9.17, 15) is 13.2 Å². The average molecular weight is 338 g/mol. The minimum atomic E-state index is -4.13. The minimum absolute atomic E-state index is 0.368. The number of hydrogen-bond acceptors (Lipinski definition) is 5. The topological polar surface area (TPSA) is 89.9 Å². The van der Waals surface area contributed by atoms with E-state index in [1.807, 2.05) is 36.4 Å². The molecular weight excluding hydrogens is 320 g/mol. The van der Waals surface area contributed by atoms with Crippen molar-refractivity contribution in [1.29, 1.82) is 0 Å². The number of carbonyl (C=O) groups excluding carboxylic acids is 1. The van der Waals surface area contributed by atoms with Crippen LogP contribution in [0.15, 0.2) is 36.4 Å². The molecule has 0 radical (unpaired) electrons. The van der Waals surface area contributed by atoms with E-state index in [1.54, 1.807) is 14.0 Å². The highest BCUT2D eigenvalue weighted by Gasteiger charge is 2.18. The van der Waals surface area contributed by atoms with Crippen molar-refractivity contribution in [2.75, 3.05) is 19.5 Å². The van der Waals surface area contributed by atoms with E-state index < -0.39 is 27.8 Å². The molecule has 0 amide bonds. The molecule has 6 nitrogen and oxygen atoms in total. The average Bonchev–Trinajstić information content (AvgIpc) is 2.51. The lowest BCUT2D eigenvalue weighted by Crippen LogP contribution is -2.18. The molecular formula is C16H18O6S. The first-order valence-electron chi connectivity index (χ1n) is 6.99. The van der Waals surface area contributed by atoms with Crippen LogP contribution in [0.2, 0.25) is 0 Å². The first kappa shape index (κ1) is 17.2. The van der Waals surface area contributed by atoms with Crippen LogP contribution in [0.5, 0.6) is 5.75 Å². The van der Waals surface area contributed by atoms with Crippen molar-refractivity contribution >= 4 is 26.9 Å². The summed E-state index contributed by atoms with van der Waals surface area (Å²) in [7, 11) is -2.54. The smallest absolute Gasteiger partial charge is 0.313 e. The van der Waals surface area contributed by atoms with Crippen molar-refractivity contribution in [3.8, 4) is 5.75 Å². The second kappa shape index (κ2) is 6.97. The molecule has 0 unspecified atom stereocenters. The maximum absolute atomic E-state index is 11.9. The quantitative estimate of drug-likeness (QED) is 0.642. The van der Waals surface area contributed by atoms with E-state index in [0.717, 1.165) is 22.1 Å². The molecule has 0 saturated carbocycles. The number of fused-ring (bicyclic) bond motifs is 1. The lowest BCUT2D eigenvalue weighted by molar-refractivity contribution is -0.144. The zero-order valence-electron chi connectivity index (χ0n) is 12.9. The summed E-state index contributed by atoms with van der Waals surface area (Å²) in [5.41, 5.74) is 0.763. The Hall–Kier alpha value is -2.12. The molecule has 2 aromatic carbocycles. The largest absolute Gasteiger partial charge is 0.497 e. The number of hydrogen-bond donors (Lipinski definition) is 1. The van der Waals surface area contributed by atoms with Gasteiger partial charge in [-0.3, -0.25) is 9.35 Å². The third-order valence-electron chi connectivity index (χ3n) is 3.51. The Kier molecular flexibility index (Phi) is 5.23. The fourth-order valence-corrected chi connectivity index (χ4v) is 2.44. The van der Waals surface area contributed by atoms with Gasteiger partial charge in [-0.2, -0.15) is 8.42 Å². The van der Waals surface area contributed by atoms with Crippen LogP contribution < -0.4 is 4.74 Å². The molecule has 0 bridgehead atoms. The fraction of sp³-hybridized carbons (Fsp3) is 0.312. The van der Waals surface area contributed by atoms with Gasteiger partial charge in [-0.1, -0.05) is 24.3 Å². The standard InChI is InChI=1S/C16H18O6S/c1-11(16(17)22-7-8-23(18,19)20)12-3-4-14-10-15(21-2)6-5-13(14)9-12/h3-6,9-11H,7-8H2,1-2H3,(H,18,19,20)/t11-/m0/s1. The Bertz CT molecular complexity index is 812. The van der Waals surface area contributed by atoms with Gasteiger partial charge < -0.3 is 9.47 Å². The third kappa shape index (κ3) is 4.67. The summed E-state index contributed by atoms with van der Waals surface area (Å²) in [4.78, 5) is 11.9. The zero-order chi connectivity index (χ0) is 17.0. The van der Waals surface area contributed by atoms with E-state index >= 15 is 0 Å². The predicted octanol–water partition coefficient (Wildman–Crippen LogP) is 2.38. The molecule has 0 aliphatic heterocycles. The Morgan fingerprint density at radius 2 is 1.83 bits per heavy atom. The molecule has 0 saturated heterocycles. The third-order valence-corrected chi connectivity index (χ3v) is 4.19. The Balaban J connectivity index is 2.11. The van der Waals surface area contributed by atoms with Gasteiger partial charge in [0.1, 0.15) is 18.1 Å². The van der Waals surface area contributed by atoms with Gasteiger partial charge in [0, 0.05) is 0 Å². The highest BCUT2D eigenvalue weighted by atomic mass is 32.2. The van der Waals surface area contributed by atoms with Gasteiger partial charge in [-0.05, 0) is 35.4 Å². The second-order valence-electron chi connectivity index (χ2n) is 5.15. The number of methoxy groups -OCH3 is 1. The summed E-state index contributed by atoms with van der Waals surface area (Å²) in [6, 6.07) is 11.2. The minimum Gasteiger partial charge on any atom is -0.497 e. The van der Waals surface area contributed by atoms with Crippen LogP contribution in [0.3, 0.4) is 0 Å². The predicted molar refractivity (Wildman–Crippen MR) is 86.3 cm³/mol. The molecule has 0 aliphatic rings. The molecule has 2 rings (SSSR count). The molecule has 0 aliphatic carbocycles. The molecule has 1 atom stereocenters. The van der Waals surface area contributed by atoms with E-state index in [1.165, 1.54) is 0 Å². The Labute approximate surface area is 134 Å². The molecule has 2 aromatic rings. The Morgan fingerprint density at radius 3 is 2.48 bits per heavy atom. The summed E-state index contributed by atoms with van der Waals surface area (Å²) in [5.74, 6) is -0.935. The van der Waals surface area contributed by atoms with Crippen molar-refractivity contribution in [2.45, 2.75) is 12.8 Å². The van der Waals surface area contributed by atoms with Crippen molar-refractivity contribution in [2.24, 2.45) is 0 Å². The maximum atomic E-state index is 11.9. The van der Waals surface area contributed by atoms with Crippen LogP contribution in [-0.4, -0.2) is 38.4 Å². The summed E-state index contributed by atoms with van der Waals surface area (Å²) in [6.45, 7) is 1.31. The first-order valence-corrected chi connectivity index (χ1v) is 8.60. The van der Waals surface area contributed by atoms with Gasteiger partial charge in [0.15, 0.2) is 0 Å². The lowest BCUT2D eigenvalue weighted by Gasteiger charge is -2.12. The number of esters is 1. The van der Waals surface area contributed by atoms with Gasteiger partial charge in [-0.15, -0.1) is 0 Å². The summed E-state index contributed by atoms with van der Waals surface area (Å²) >= 11 is 0. The van der Waals surface area contributed by atoms with Gasteiger partial charge in [0.05, 0.1) is 13.0 Å². The first-order chi connectivity index (χ1) is 10.8. The van der Waals surface area contributed by atoms with Gasteiger partial charge in [-0.25, -0.2) is 0 Å². The van der Waals surface area contributed by atoms with Crippen molar-refractivity contribution in [3.05, 3.63) is 42.0 Å². The number of benzene rings is 2. The molecule has 0 heterocycles. The van der Waals surface area contributed by atoms with Gasteiger partial charge in [0.2, 0.25) is 0 Å². The molecule has 124 valence electrons. The number of ether oxygens (including phenoxy) is 2. The number of rotatable bonds is 6.